The van der Waals surface area contributed by atoms with Crippen molar-refractivity contribution in [2.24, 2.45) is 0 Å². The first-order valence-electron chi connectivity index (χ1n) is 8.45. The van der Waals surface area contributed by atoms with Crippen LogP contribution in [0.1, 0.15) is 18.5 Å². The maximum Gasteiger partial charge on any atom is 0.251 e. The van der Waals surface area contributed by atoms with E-state index in [2.05, 4.69) is 9.88 Å². The monoisotopic (exact) mass is 348 g/mol. The van der Waals surface area contributed by atoms with Gasteiger partial charge in [0.25, 0.3) is 5.91 Å². The molecule has 2 saturated heterocycles. The Morgan fingerprint density at radius 2 is 2.08 bits per heavy atom. The lowest BCUT2D eigenvalue weighted by atomic mass is 10.2. The van der Waals surface area contributed by atoms with Crippen molar-refractivity contribution >= 4 is 23.2 Å². The summed E-state index contributed by atoms with van der Waals surface area (Å²) in [6.07, 6.45) is 5.54. The molecule has 0 N–H and O–H groups in total. The molecule has 0 aromatic carbocycles. The Kier molecular flexibility index (Phi) is 4.43. The molecule has 0 spiro atoms. The van der Waals surface area contributed by atoms with Gasteiger partial charge in [-0.05, 0) is 25.0 Å². The van der Waals surface area contributed by atoms with Gasteiger partial charge in [0.1, 0.15) is 11.8 Å². The number of ether oxygens (including phenoxy) is 1. The van der Waals surface area contributed by atoms with Gasteiger partial charge < -0.3 is 14.0 Å². The minimum absolute atomic E-state index is 0.162. The van der Waals surface area contributed by atoms with Crippen LogP contribution in [-0.4, -0.2) is 64.0 Å². The average molecular weight is 349 g/mol. The molecule has 6 nitrogen and oxygen atoms in total. The number of hydrogen-bond acceptors (Lipinski definition) is 4. The lowest BCUT2D eigenvalue weighted by molar-refractivity contribution is -0.142. The van der Waals surface area contributed by atoms with Crippen LogP contribution in [0.2, 0.25) is 5.02 Å². The summed E-state index contributed by atoms with van der Waals surface area (Å²) in [6.45, 7) is 4.77. The van der Waals surface area contributed by atoms with Crippen LogP contribution in [-0.2, 0) is 16.1 Å². The molecule has 4 heterocycles. The number of pyridine rings is 1. The largest absolute Gasteiger partial charge is 0.368 e. The molecule has 2 aromatic heterocycles. The number of halogens is 1. The fourth-order valence-electron chi connectivity index (χ4n) is 3.42. The Morgan fingerprint density at radius 1 is 1.25 bits per heavy atom. The maximum atomic E-state index is 12.4. The lowest BCUT2D eigenvalue weighted by Crippen LogP contribution is -2.51. The molecule has 2 aromatic rings. The topological polar surface area (TPSA) is 50.1 Å². The summed E-state index contributed by atoms with van der Waals surface area (Å²) >= 11 is 6.01. The van der Waals surface area contributed by atoms with Gasteiger partial charge in [0, 0.05) is 51.7 Å². The molecule has 2 fully saturated rings. The van der Waals surface area contributed by atoms with Gasteiger partial charge in [0.05, 0.1) is 10.7 Å². The summed E-state index contributed by atoms with van der Waals surface area (Å²) in [5.41, 5.74) is 1.93. The van der Waals surface area contributed by atoms with Gasteiger partial charge in [-0.3, -0.25) is 9.69 Å². The molecule has 1 atom stereocenters. The Hall–Kier alpha value is -1.63. The van der Waals surface area contributed by atoms with Crippen molar-refractivity contribution in [3.63, 3.8) is 0 Å². The van der Waals surface area contributed by atoms with E-state index in [4.69, 9.17) is 16.3 Å². The second-order valence-electron chi connectivity index (χ2n) is 6.45. The van der Waals surface area contributed by atoms with Crippen LogP contribution in [0.4, 0.5) is 0 Å². The molecule has 4 rings (SSSR count). The Balaban J connectivity index is 1.34. The van der Waals surface area contributed by atoms with E-state index in [-0.39, 0.29) is 12.0 Å². The molecular formula is C17H21ClN4O2. The van der Waals surface area contributed by atoms with Gasteiger partial charge in [-0.25, -0.2) is 4.98 Å². The molecule has 0 bridgehead atoms. The zero-order valence-corrected chi connectivity index (χ0v) is 14.3. The molecule has 1 amide bonds. The highest BCUT2D eigenvalue weighted by atomic mass is 35.5. The summed E-state index contributed by atoms with van der Waals surface area (Å²) in [5, 5.41) is 0.702. The van der Waals surface area contributed by atoms with E-state index in [1.807, 2.05) is 33.8 Å². The van der Waals surface area contributed by atoms with Gasteiger partial charge in [0.2, 0.25) is 0 Å². The summed E-state index contributed by atoms with van der Waals surface area (Å²) in [5.74, 6) is 0.162. The normalized spacial score (nSPS) is 22.4. The number of carbonyl (C=O) groups is 1. The molecule has 7 heteroatoms. The molecular weight excluding hydrogens is 328 g/mol. The van der Waals surface area contributed by atoms with Crippen molar-refractivity contribution in [3.8, 4) is 0 Å². The Morgan fingerprint density at radius 3 is 2.83 bits per heavy atom. The van der Waals surface area contributed by atoms with Crippen LogP contribution in [0, 0.1) is 0 Å². The maximum absolute atomic E-state index is 12.4. The van der Waals surface area contributed by atoms with E-state index in [0.717, 1.165) is 56.9 Å². The van der Waals surface area contributed by atoms with Gasteiger partial charge >= 0.3 is 0 Å². The van der Waals surface area contributed by atoms with Crippen molar-refractivity contribution in [2.45, 2.75) is 25.5 Å². The summed E-state index contributed by atoms with van der Waals surface area (Å²) in [4.78, 5) is 21.3. The average Bonchev–Trinajstić information content (AvgIpc) is 3.23. The number of piperazine rings is 1. The highest BCUT2D eigenvalue weighted by Crippen LogP contribution is 2.17. The van der Waals surface area contributed by atoms with Crippen molar-refractivity contribution in [3.05, 3.63) is 35.2 Å². The lowest BCUT2D eigenvalue weighted by Gasteiger charge is -2.35. The van der Waals surface area contributed by atoms with Gasteiger partial charge in [0.15, 0.2) is 0 Å². The predicted octanol–water partition coefficient (Wildman–Crippen LogP) is 1.81. The number of hydrogen-bond donors (Lipinski definition) is 0. The number of imidazole rings is 1. The zero-order chi connectivity index (χ0) is 16.5. The van der Waals surface area contributed by atoms with E-state index in [0.29, 0.717) is 11.6 Å². The quantitative estimate of drug-likeness (QED) is 0.849. The van der Waals surface area contributed by atoms with E-state index in [9.17, 15) is 4.79 Å². The molecule has 0 radical (unpaired) electrons. The summed E-state index contributed by atoms with van der Waals surface area (Å²) in [7, 11) is 0. The van der Waals surface area contributed by atoms with Crippen LogP contribution in [0.15, 0.2) is 24.5 Å². The zero-order valence-electron chi connectivity index (χ0n) is 13.5. The SMILES string of the molecule is O=C([C@H]1CCCO1)N1CCN(Cc2cn3cc(Cl)ccc3n2)CC1. The molecule has 2 aliphatic rings. The summed E-state index contributed by atoms with van der Waals surface area (Å²) < 4.78 is 7.46. The van der Waals surface area contributed by atoms with Crippen molar-refractivity contribution in [2.75, 3.05) is 32.8 Å². The van der Waals surface area contributed by atoms with Gasteiger partial charge in [-0.1, -0.05) is 11.6 Å². The molecule has 0 unspecified atom stereocenters. The number of aromatic nitrogens is 2. The van der Waals surface area contributed by atoms with Crippen LogP contribution >= 0.6 is 11.6 Å². The van der Waals surface area contributed by atoms with Crippen molar-refractivity contribution < 1.29 is 9.53 Å². The number of carbonyl (C=O) groups excluding carboxylic acids is 1. The van der Waals surface area contributed by atoms with Crippen LogP contribution in [0.5, 0.6) is 0 Å². The first-order chi connectivity index (χ1) is 11.7. The fourth-order valence-corrected chi connectivity index (χ4v) is 3.59. The van der Waals surface area contributed by atoms with E-state index in [1.165, 1.54) is 0 Å². The third kappa shape index (κ3) is 3.27. The molecule has 24 heavy (non-hydrogen) atoms. The second kappa shape index (κ2) is 6.70. The van der Waals surface area contributed by atoms with Gasteiger partial charge in [-0.2, -0.15) is 0 Å². The highest BCUT2D eigenvalue weighted by molar-refractivity contribution is 6.30. The fraction of sp³-hybridized carbons (Fsp3) is 0.529. The molecule has 2 aliphatic heterocycles. The van der Waals surface area contributed by atoms with Crippen LogP contribution in [0.25, 0.3) is 5.65 Å². The molecule has 0 saturated carbocycles. The number of nitrogens with zero attached hydrogens (tertiary/aromatic N) is 4. The first kappa shape index (κ1) is 15.9. The third-order valence-corrected chi connectivity index (χ3v) is 4.96. The minimum Gasteiger partial charge on any atom is -0.368 e. The highest BCUT2D eigenvalue weighted by Gasteiger charge is 2.30. The third-order valence-electron chi connectivity index (χ3n) is 4.74. The number of rotatable bonds is 3. The second-order valence-corrected chi connectivity index (χ2v) is 6.88. The Labute approximate surface area is 146 Å². The van der Waals surface area contributed by atoms with Crippen molar-refractivity contribution in [1.82, 2.24) is 19.2 Å². The van der Waals surface area contributed by atoms with Crippen LogP contribution < -0.4 is 0 Å². The smallest absolute Gasteiger partial charge is 0.251 e. The first-order valence-corrected chi connectivity index (χ1v) is 8.83. The predicted molar refractivity (Wildman–Crippen MR) is 91.0 cm³/mol. The minimum atomic E-state index is -0.209. The molecule has 0 aliphatic carbocycles. The molecule has 128 valence electrons. The van der Waals surface area contributed by atoms with E-state index < -0.39 is 0 Å². The van der Waals surface area contributed by atoms with Gasteiger partial charge in [-0.15, -0.1) is 0 Å². The van der Waals surface area contributed by atoms with Crippen molar-refractivity contribution in [1.29, 1.82) is 0 Å². The Bertz CT molecular complexity index is 733. The summed E-state index contributed by atoms with van der Waals surface area (Å²) in [6, 6.07) is 3.77. The van der Waals surface area contributed by atoms with E-state index >= 15 is 0 Å². The number of fused-ring (bicyclic) bond motifs is 1. The number of amides is 1. The van der Waals surface area contributed by atoms with Crippen LogP contribution in [0.3, 0.4) is 0 Å². The standard InChI is InChI=1S/C17H21ClN4O2/c18-13-3-4-16-19-14(12-22(16)10-13)11-20-5-7-21(8-6-20)17(23)15-2-1-9-24-15/h3-4,10,12,15H,1-2,5-9,11H2/t15-/m1/s1. The van der Waals surface area contributed by atoms with E-state index in [1.54, 1.807) is 0 Å².